The quantitative estimate of drug-likeness (QED) is 0.203. The molecule has 0 fully saturated rings. The Kier molecular flexibility index (Phi) is 4.47. The number of aromatic nitrogens is 4. The van der Waals surface area contributed by atoms with Crippen LogP contribution in [0.2, 0.25) is 0 Å². The molecule has 4 nitrogen and oxygen atoms in total. The summed E-state index contributed by atoms with van der Waals surface area (Å²) in [6, 6.07) is 43.4. The van der Waals surface area contributed by atoms with Crippen molar-refractivity contribution in [2.24, 2.45) is 0 Å². The first-order valence-electron chi connectivity index (χ1n) is 14.3. The molecule has 43 heavy (non-hydrogen) atoms. The molecule has 0 aliphatic carbocycles. The fraction of sp³-hybridized carbons (Fsp3) is 0. The minimum atomic E-state index is -0.198. The summed E-state index contributed by atoms with van der Waals surface area (Å²) in [5, 5.41) is 3.95. The summed E-state index contributed by atoms with van der Waals surface area (Å²) in [6.45, 7) is 0. The molecule has 0 amide bonds. The lowest BCUT2D eigenvalue weighted by molar-refractivity contribution is 0.640. The molecule has 202 valence electrons. The zero-order valence-electron chi connectivity index (χ0n) is 22.7. The van der Waals surface area contributed by atoms with E-state index in [2.05, 4.69) is 98.5 Å². The highest BCUT2D eigenvalue weighted by Gasteiger charge is 2.20. The van der Waals surface area contributed by atoms with Crippen LogP contribution >= 0.6 is 11.3 Å². The SMILES string of the molecule is Fc1cccc2c1c1ccccc1n2-c1ccc2sc3c(-n4c5ccccc5n5c6ccccc6nc45)cccc3c2c1. The number of thiophene rings is 1. The molecule has 0 unspecified atom stereocenters. The lowest BCUT2D eigenvalue weighted by Crippen LogP contribution is -1.95. The fourth-order valence-electron chi connectivity index (χ4n) is 6.93. The number of nitrogens with zero attached hydrogens (tertiary/aromatic N) is 4. The van der Waals surface area contributed by atoms with E-state index in [0.717, 1.165) is 55.6 Å². The van der Waals surface area contributed by atoms with E-state index in [0.29, 0.717) is 5.39 Å². The van der Waals surface area contributed by atoms with Crippen molar-refractivity contribution in [1.82, 2.24) is 18.5 Å². The van der Waals surface area contributed by atoms with E-state index in [1.165, 1.54) is 20.2 Å². The third-order valence-corrected chi connectivity index (χ3v) is 9.92. The molecule has 0 aliphatic rings. The number of rotatable bonds is 2. The Labute approximate surface area is 248 Å². The van der Waals surface area contributed by atoms with Crippen LogP contribution in [0.1, 0.15) is 0 Å². The number of hydrogen-bond donors (Lipinski definition) is 0. The molecule has 0 bridgehead atoms. The Bertz CT molecular complexity index is 2760. The lowest BCUT2D eigenvalue weighted by Gasteiger charge is -2.08. The van der Waals surface area contributed by atoms with Crippen molar-refractivity contribution < 1.29 is 4.39 Å². The second-order valence-electron chi connectivity index (χ2n) is 11.0. The molecule has 0 N–H and O–H groups in total. The highest BCUT2D eigenvalue weighted by atomic mass is 32.1. The van der Waals surface area contributed by atoms with Crippen LogP contribution in [0.25, 0.3) is 81.2 Å². The van der Waals surface area contributed by atoms with Crippen molar-refractivity contribution >= 4 is 81.2 Å². The Morgan fingerprint density at radius 3 is 2.19 bits per heavy atom. The molecule has 0 radical (unpaired) electrons. The van der Waals surface area contributed by atoms with E-state index in [-0.39, 0.29) is 5.82 Å². The standard InChI is InChI=1S/C37H21FN4S/c38-26-11-8-17-32-35(26)24-9-1-3-13-28(24)40(32)22-19-20-34-25(21-22)23-10-7-18-33(36(23)43-34)42-31-16-6-5-15-30(31)41-29-14-4-2-12-27(29)39-37(41)42/h1-21H. The summed E-state index contributed by atoms with van der Waals surface area (Å²) < 4.78 is 24.3. The fourth-order valence-corrected chi connectivity index (χ4v) is 8.12. The van der Waals surface area contributed by atoms with Gasteiger partial charge in [-0.05, 0) is 66.7 Å². The summed E-state index contributed by atoms with van der Waals surface area (Å²) in [6.07, 6.45) is 0. The Balaban J connectivity index is 1.27. The average molecular weight is 573 g/mol. The van der Waals surface area contributed by atoms with Crippen LogP contribution in [0.3, 0.4) is 0 Å². The predicted octanol–water partition coefficient (Wildman–Crippen LogP) is 10.0. The van der Waals surface area contributed by atoms with E-state index < -0.39 is 0 Å². The third kappa shape index (κ3) is 3.00. The van der Waals surface area contributed by atoms with Crippen LogP contribution in [0.4, 0.5) is 4.39 Å². The Hall–Kier alpha value is -5.46. The van der Waals surface area contributed by atoms with Gasteiger partial charge in [0.2, 0.25) is 5.78 Å². The van der Waals surface area contributed by atoms with E-state index in [4.69, 9.17) is 4.98 Å². The number of hydrogen-bond acceptors (Lipinski definition) is 2. The molecule has 0 aliphatic heterocycles. The van der Waals surface area contributed by atoms with Crippen LogP contribution in [0.5, 0.6) is 0 Å². The maximum Gasteiger partial charge on any atom is 0.220 e. The van der Waals surface area contributed by atoms with E-state index >= 15 is 4.39 Å². The molecule has 0 spiro atoms. The lowest BCUT2D eigenvalue weighted by atomic mass is 10.1. The van der Waals surface area contributed by atoms with Crippen LogP contribution in [0.15, 0.2) is 127 Å². The molecule has 0 saturated carbocycles. The normalized spacial score (nSPS) is 12.3. The molecule has 0 saturated heterocycles. The molecule has 4 aromatic heterocycles. The number of benzene rings is 6. The third-order valence-electron chi connectivity index (χ3n) is 8.71. The Morgan fingerprint density at radius 2 is 1.28 bits per heavy atom. The minimum Gasteiger partial charge on any atom is -0.309 e. The molecule has 6 heteroatoms. The van der Waals surface area contributed by atoms with Crippen LogP contribution in [0, 0.1) is 5.82 Å². The summed E-state index contributed by atoms with van der Waals surface area (Å²) >= 11 is 1.80. The van der Waals surface area contributed by atoms with Gasteiger partial charge in [-0.3, -0.25) is 8.97 Å². The van der Waals surface area contributed by atoms with E-state index in [1.807, 2.05) is 30.3 Å². The van der Waals surface area contributed by atoms with Gasteiger partial charge in [-0.2, -0.15) is 0 Å². The van der Waals surface area contributed by atoms with Gasteiger partial charge in [-0.1, -0.05) is 60.7 Å². The van der Waals surface area contributed by atoms with Gasteiger partial charge in [-0.15, -0.1) is 11.3 Å². The van der Waals surface area contributed by atoms with Crippen molar-refractivity contribution in [3.05, 3.63) is 133 Å². The molecule has 6 aromatic carbocycles. The van der Waals surface area contributed by atoms with E-state index in [9.17, 15) is 0 Å². The number of imidazole rings is 2. The van der Waals surface area contributed by atoms with Crippen LogP contribution in [-0.4, -0.2) is 18.5 Å². The van der Waals surface area contributed by atoms with Gasteiger partial charge in [0.15, 0.2) is 0 Å². The van der Waals surface area contributed by atoms with Gasteiger partial charge >= 0.3 is 0 Å². The first-order valence-corrected chi connectivity index (χ1v) is 15.1. The minimum absolute atomic E-state index is 0.198. The molecule has 0 atom stereocenters. The average Bonchev–Trinajstić information content (AvgIpc) is 3.78. The van der Waals surface area contributed by atoms with Gasteiger partial charge in [0, 0.05) is 31.9 Å². The smallest absolute Gasteiger partial charge is 0.220 e. The zero-order valence-corrected chi connectivity index (χ0v) is 23.5. The molecular weight excluding hydrogens is 552 g/mol. The zero-order chi connectivity index (χ0) is 28.2. The summed E-state index contributed by atoms with van der Waals surface area (Å²) in [4.78, 5) is 5.10. The molecule has 4 heterocycles. The highest BCUT2D eigenvalue weighted by molar-refractivity contribution is 7.26. The number of para-hydroxylation sites is 5. The summed E-state index contributed by atoms with van der Waals surface area (Å²) in [5.74, 6) is 0.705. The van der Waals surface area contributed by atoms with Gasteiger partial charge in [-0.25, -0.2) is 9.37 Å². The van der Waals surface area contributed by atoms with Crippen molar-refractivity contribution in [3.8, 4) is 11.4 Å². The van der Waals surface area contributed by atoms with Crippen molar-refractivity contribution in [1.29, 1.82) is 0 Å². The molecule has 10 aromatic rings. The predicted molar refractivity (Wildman–Crippen MR) is 177 cm³/mol. The maximum atomic E-state index is 15.1. The first kappa shape index (κ1) is 23.1. The second-order valence-corrected chi connectivity index (χ2v) is 12.0. The molecular formula is C37H21FN4S. The Morgan fingerprint density at radius 1 is 0.558 bits per heavy atom. The summed E-state index contributed by atoms with van der Waals surface area (Å²) in [7, 11) is 0. The number of fused-ring (bicyclic) bond motifs is 11. The number of halogens is 1. The van der Waals surface area contributed by atoms with Crippen LogP contribution in [-0.2, 0) is 0 Å². The summed E-state index contributed by atoms with van der Waals surface area (Å²) in [5.41, 5.74) is 8.32. The highest BCUT2D eigenvalue weighted by Crippen LogP contribution is 2.42. The van der Waals surface area contributed by atoms with Crippen molar-refractivity contribution in [3.63, 3.8) is 0 Å². The van der Waals surface area contributed by atoms with Gasteiger partial charge in [0.05, 0.1) is 43.5 Å². The topological polar surface area (TPSA) is 27.2 Å². The monoisotopic (exact) mass is 572 g/mol. The van der Waals surface area contributed by atoms with Gasteiger partial charge < -0.3 is 4.57 Å². The van der Waals surface area contributed by atoms with Crippen LogP contribution < -0.4 is 0 Å². The van der Waals surface area contributed by atoms with Gasteiger partial charge in [0.1, 0.15) is 5.82 Å². The van der Waals surface area contributed by atoms with Crippen molar-refractivity contribution in [2.75, 3.05) is 0 Å². The second kappa shape index (κ2) is 8.31. The largest absolute Gasteiger partial charge is 0.309 e. The van der Waals surface area contributed by atoms with Gasteiger partial charge in [0.25, 0.3) is 0 Å². The molecule has 10 rings (SSSR count). The van der Waals surface area contributed by atoms with E-state index in [1.54, 1.807) is 23.5 Å². The first-order chi connectivity index (χ1) is 21.3. The van der Waals surface area contributed by atoms with Crippen molar-refractivity contribution in [2.45, 2.75) is 0 Å². The maximum absolute atomic E-state index is 15.1.